The molecule has 1 aliphatic rings. The van der Waals surface area contributed by atoms with Gasteiger partial charge in [0.25, 0.3) is 0 Å². The van der Waals surface area contributed by atoms with Gasteiger partial charge in [0.1, 0.15) is 5.52 Å². The van der Waals surface area contributed by atoms with E-state index in [1.54, 1.807) is 0 Å². The van der Waals surface area contributed by atoms with Crippen molar-refractivity contribution in [3.05, 3.63) is 24.3 Å². The largest absolute Gasteiger partial charge is 0.344 e. The minimum atomic E-state index is -0.182. The Hall–Kier alpha value is -1.91. The summed E-state index contributed by atoms with van der Waals surface area (Å²) in [6.45, 7) is 6.80. The van der Waals surface area contributed by atoms with Gasteiger partial charge in [-0.1, -0.05) is 38.1 Å². The molecule has 1 fully saturated rings. The summed E-state index contributed by atoms with van der Waals surface area (Å²) in [6.07, 6.45) is 3.25. The highest BCUT2D eigenvalue weighted by molar-refractivity contribution is 5.87. The van der Waals surface area contributed by atoms with Crippen molar-refractivity contribution in [2.24, 2.45) is 11.3 Å². The number of para-hydroxylation sites is 1. The molecule has 2 atom stereocenters. The molecule has 21 heavy (non-hydrogen) atoms. The smallest absolute Gasteiger partial charge is 0.333 e. The van der Waals surface area contributed by atoms with E-state index in [0.29, 0.717) is 5.92 Å². The fourth-order valence-electron chi connectivity index (χ4n) is 3.71. The van der Waals surface area contributed by atoms with Crippen LogP contribution < -0.4 is 5.32 Å². The Balaban J connectivity index is 1.77. The highest BCUT2D eigenvalue weighted by Crippen LogP contribution is 2.38. The summed E-state index contributed by atoms with van der Waals surface area (Å²) in [5, 5.41) is 11.1. The predicted molar refractivity (Wildman–Crippen MR) is 82.0 cm³/mol. The van der Waals surface area contributed by atoms with Gasteiger partial charge in [0.05, 0.1) is 5.52 Å². The molecule has 0 bridgehead atoms. The van der Waals surface area contributed by atoms with E-state index in [0.717, 1.165) is 23.9 Å². The zero-order valence-electron chi connectivity index (χ0n) is 12.8. The Morgan fingerprint density at radius 2 is 2.10 bits per heavy atom. The standard InChI is InChI=1S/C16H22N4O/c1-11-8-12(10-16(2,3)9-11)17-15(21)20-14-7-5-4-6-13(14)18-19-20/h4-7,11-12H,8-10H2,1-3H3,(H,17,21). The average Bonchev–Trinajstić information content (AvgIpc) is 2.79. The first kappa shape index (κ1) is 14.0. The molecule has 1 aliphatic carbocycles. The molecule has 0 saturated heterocycles. The Morgan fingerprint density at radius 3 is 2.86 bits per heavy atom. The Bertz CT molecular complexity index is 661. The lowest BCUT2D eigenvalue weighted by Gasteiger charge is -2.39. The highest BCUT2D eigenvalue weighted by atomic mass is 16.2. The van der Waals surface area contributed by atoms with Crippen molar-refractivity contribution in [3.8, 4) is 0 Å². The molecule has 2 aromatic rings. The summed E-state index contributed by atoms with van der Waals surface area (Å²) in [5.74, 6) is 0.631. The van der Waals surface area contributed by atoms with E-state index in [-0.39, 0.29) is 17.5 Å². The second-order valence-electron chi connectivity index (χ2n) is 7.05. The number of aromatic nitrogens is 3. The van der Waals surface area contributed by atoms with Gasteiger partial charge in [0, 0.05) is 6.04 Å². The van der Waals surface area contributed by atoms with Crippen LogP contribution in [0.15, 0.2) is 24.3 Å². The number of fused-ring (bicyclic) bond motifs is 1. The summed E-state index contributed by atoms with van der Waals surface area (Å²) >= 11 is 0. The van der Waals surface area contributed by atoms with E-state index in [2.05, 4.69) is 36.4 Å². The molecule has 3 rings (SSSR count). The lowest BCUT2D eigenvalue weighted by Crippen LogP contribution is -2.44. The number of amides is 1. The van der Waals surface area contributed by atoms with Crippen LogP contribution >= 0.6 is 0 Å². The Kier molecular flexibility index (Phi) is 3.43. The molecule has 1 amide bonds. The van der Waals surface area contributed by atoms with Crippen molar-refractivity contribution in [2.45, 2.75) is 46.1 Å². The molecule has 0 aliphatic heterocycles. The van der Waals surface area contributed by atoms with Gasteiger partial charge >= 0.3 is 6.03 Å². The van der Waals surface area contributed by atoms with Crippen LogP contribution in [-0.2, 0) is 0 Å². The van der Waals surface area contributed by atoms with E-state index in [9.17, 15) is 4.79 Å². The van der Waals surface area contributed by atoms with Crippen molar-refractivity contribution < 1.29 is 4.79 Å². The summed E-state index contributed by atoms with van der Waals surface area (Å²) < 4.78 is 1.36. The molecule has 5 heteroatoms. The van der Waals surface area contributed by atoms with Crippen LogP contribution in [0, 0.1) is 11.3 Å². The first-order chi connectivity index (χ1) is 9.94. The first-order valence-electron chi connectivity index (χ1n) is 7.56. The summed E-state index contributed by atoms with van der Waals surface area (Å²) in [6, 6.07) is 7.53. The van der Waals surface area contributed by atoms with Crippen molar-refractivity contribution in [3.63, 3.8) is 0 Å². The van der Waals surface area contributed by atoms with Crippen LogP contribution in [0.3, 0.4) is 0 Å². The molecule has 1 aromatic heterocycles. The van der Waals surface area contributed by atoms with Gasteiger partial charge in [-0.3, -0.25) is 0 Å². The molecular weight excluding hydrogens is 264 g/mol. The van der Waals surface area contributed by atoms with Crippen molar-refractivity contribution in [1.29, 1.82) is 0 Å². The number of nitrogens with zero attached hydrogens (tertiary/aromatic N) is 3. The van der Waals surface area contributed by atoms with Gasteiger partial charge < -0.3 is 5.32 Å². The van der Waals surface area contributed by atoms with Crippen LogP contribution in [0.4, 0.5) is 4.79 Å². The van der Waals surface area contributed by atoms with Gasteiger partial charge in [-0.2, -0.15) is 4.68 Å². The minimum absolute atomic E-state index is 0.182. The van der Waals surface area contributed by atoms with Crippen LogP contribution in [0.25, 0.3) is 11.0 Å². The van der Waals surface area contributed by atoms with Crippen molar-refractivity contribution in [1.82, 2.24) is 20.3 Å². The Morgan fingerprint density at radius 1 is 1.33 bits per heavy atom. The van der Waals surface area contributed by atoms with E-state index in [1.807, 2.05) is 24.3 Å². The lowest BCUT2D eigenvalue weighted by molar-refractivity contribution is 0.152. The fraction of sp³-hybridized carbons (Fsp3) is 0.562. The van der Waals surface area contributed by atoms with Crippen LogP contribution in [-0.4, -0.2) is 27.1 Å². The monoisotopic (exact) mass is 286 g/mol. The summed E-state index contributed by atoms with van der Waals surface area (Å²) in [4.78, 5) is 12.5. The number of carbonyl (C=O) groups is 1. The first-order valence-corrected chi connectivity index (χ1v) is 7.56. The quantitative estimate of drug-likeness (QED) is 0.875. The maximum Gasteiger partial charge on any atom is 0.344 e. The molecule has 1 N–H and O–H groups in total. The third-order valence-electron chi connectivity index (χ3n) is 4.26. The van der Waals surface area contributed by atoms with E-state index >= 15 is 0 Å². The maximum absolute atomic E-state index is 12.5. The third kappa shape index (κ3) is 2.91. The van der Waals surface area contributed by atoms with Gasteiger partial charge in [-0.05, 0) is 42.7 Å². The maximum atomic E-state index is 12.5. The minimum Gasteiger partial charge on any atom is -0.333 e. The predicted octanol–water partition coefficient (Wildman–Crippen LogP) is 3.20. The molecule has 0 radical (unpaired) electrons. The van der Waals surface area contributed by atoms with Gasteiger partial charge in [-0.25, -0.2) is 4.79 Å². The molecule has 5 nitrogen and oxygen atoms in total. The zero-order chi connectivity index (χ0) is 15.0. The molecule has 1 heterocycles. The molecule has 2 unspecified atom stereocenters. The van der Waals surface area contributed by atoms with Crippen LogP contribution in [0.2, 0.25) is 0 Å². The molecular formula is C16H22N4O. The molecule has 1 aromatic carbocycles. The fourth-order valence-corrected chi connectivity index (χ4v) is 3.71. The normalized spacial score (nSPS) is 24.9. The van der Waals surface area contributed by atoms with Gasteiger partial charge in [0.15, 0.2) is 0 Å². The lowest BCUT2D eigenvalue weighted by atomic mass is 9.71. The van der Waals surface area contributed by atoms with Crippen LogP contribution in [0.5, 0.6) is 0 Å². The summed E-state index contributed by atoms with van der Waals surface area (Å²) in [7, 11) is 0. The van der Waals surface area contributed by atoms with Gasteiger partial charge in [-0.15, -0.1) is 5.10 Å². The van der Waals surface area contributed by atoms with Gasteiger partial charge in [0.2, 0.25) is 0 Å². The van der Waals surface area contributed by atoms with Crippen molar-refractivity contribution >= 4 is 17.1 Å². The number of rotatable bonds is 1. The zero-order valence-corrected chi connectivity index (χ0v) is 12.8. The third-order valence-corrected chi connectivity index (χ3v) is 4.26. The number of nitrogens with one attached hydrogen (secondary N) is 1. The molecule has 1 saturated carbocycles. The summed E-state index contributed by atoms with van der Waals surface area (Å²) in [5.41, 5.74) is 1.77. The second-order valence-corrected chi connectivity index (χ2v) is 7.05. The average molecular weight is 286 g/mol. The molecule has 0 spiro atoms. The number of carbonyl (C=O) groups excluding carboxylic acids is 1. The van der Waals surface area contributed by atoms with Crippen molar-refractivity contribution in [2.75, 3.05) is 0 Å². The van der Waals surface area contributed by atoms with E-state index < -0.39 is 0 Å². The van der Waals surface area contributed by atoms with Crippen LogP contribution in [0.1, 0.15) is 40.0 Å². The van der Waals surface area contributed by atoms with E-state index in [4.69, 9.17) is 0 Å². The number of benzene rings is 1. The topological polar surface area (TPSA) is 59.8 Å². The van der Waals surface area contributed by atoms with E-state index in [1.165, 1.54) is 11.1 Å². The number of hydrogen-bond acceptors (Lipinski definition) is 3. The Labute approximate surface area is 124 Å². The SMILES string of the molecule is CC1CC(NC(=O)n2nnc3ccccc32)CC(C)(C)C1. The second kappa shape index (κ2) is 5.13. The highest BCUT2D eigenvalue weighted by Gasteiger charge is 2.33. The molecule has 112 valence electrons. The number of hydrogen-bond donors (Lipinski definition) is 1.